The molecule has 3 aromatic rings. The Morgan fingerprint density at radius 1 is 1.05 bits per heavy atom. The number of nitrogens with zero attached hydrogens (tertiary/aromatic N) is 1. The molecule has 1 aliphatic heterocycles. The lowest BCUT2D eigenvalue weighted by molar-refractivity contribution is -0.136. The highest BCUT2D eigenvalue weighted by molar-refractivity contribution is 7.92. The summed E-state index contributed by atoms with van der Waals surface area (Å²) in [6.07, 6.45) is 2.63. The van der Waals surface area contributed by atoms with Crippen LogP contribution in [-0.2, 0) is 24.1 Å². The number of ether oxygens (including phenoxy) is 4. The first-order valence-electron chi connectivity index (χ1n) is 13.6. The largest absolute Gasteiger partial charge is 0.491 e. The second kappa shape index (κ2) is 12.8. The third-order valence-corrected chi connectivity index (χ3v) is 9.71. The summed E-state index contributed by atoms with van der Waals surface area (Å²) in [5.41, 5.74) is 0.523. The fourth-order valence-corrected chi connectivity index (χ4v) is 6.79. The van der Waals surface area contributed by atoms with Crippen LogP contribution in [0.15, 0.2) is 53.6 Å². The first-order valence-corrected chi connectivity index (χ1v) is 16.0. The number of amides is 1. The number of carbonyl (C=O) groups excluding carboxylic acids is 1. The molecular weight excluding hydrogens is 584 g/mol. The van der Waals surface area contributed by atoms with Crippen molar-refractivity contribution in [3.63, 3.8) is 0 Å². The van der Waals surface area contributed by atoms with Gasteiger partial charge in [0.15, 0.2) is 21.1 Å². The summed E-state index contributed by atoms with van der Waals surface area (Å²) in [6.45, 7) is 4.71. The Bertz CT molecular complexity index is 1530. The van der Waals surface area contributed by atoms with E-state index in [1.165, 1.54) is 30.5 Å². The molecule has 0 radical (unpaired) electrons. The monoisotopic (exact) mass is 616 g/mol. The van der Waals surface area contributed by atoms with Crippen LogP contribution in [0.3, 0.4) is 0 Å². The predicted octanol–water partition coefficient (Wildman–Crippen LogP) is 5.23. The summed E-state index contributed by atoms with van der Waals surface area (Å²) in [7, 11) is -3.36. The molecule has 11 nitrogen and oxygen atoms in total. The number of sulfone groups is 1. The van der Waals surface area contributed by atoms with Gasteiger partial charge >= 0.3 is 5.97 Å². The number of aromatic carboxylic acids is 1. The van der Waals surface area contributed by atoms with Crippen LogP contribution < -0.4 is 14.8 Å². The van der Waals surface area contributed by atoms with Crippen LogP contribution in [0.4, 0.5) is 5.13 Å². The van der Waals surface area contributed by atoms with E-state index in [0.29, 0.717) is 55.3 Å². The molecule has 13 heteroatoms. The minimum Gasteiger partial charge on any atom is -0.491 e. The van der Waals surface area contributed by atoms with Crippen molar-refractivity contribution in [2.24, 2.45) is 0 Å². The van der Waals surface area contributed by atoms with Gasteiger partial charge in [-0.05, 0) is 69.4 Å². The molecule has 224 valence electrons. The number of hydrogen-bond acceptors (Lipinski definition) is 10. The van der Waals surface area contributed by atoms with Crippen molar-refractivity contribution in [1.82, 2.24) is 4.98 Å². The number of thiazole rings is 1. The summed E-state index contributed by atoms with van der Waals surface area (Å²) in [5.74, 6) is -1.00. The lowest BCUT2D eigenvalue weighted by atomic mass is 10.1. The highest BCUT2D eigenvalue weighted by atomic mass is 32.2. The number of anilines is 1. The van der Waals surface area contributed by atoms with Gasteiger partial charge in [-0.25, -0.2) is 18.2 Å². The normalized spacial score (nSPS) is 16.6. The van der Waals surface area contributed by atoms with E-state index in [-0.39, 0.29) is 38.8 Å². The number of rotatable bonds is 12. The van der Waals surface area contributed by atoms with E-state index < -0.39 is 27.8 Å². The molecule has 1 saturated carbocycles. The molecule has 2 heterocycles. The maximum Gasteiger partial charge on any atom is 0.335 e. The summed E-state index contributed by atoms with van der Waals surface area (Å²) in [4.78, 5) is 29.5. The van der Waals surface area contributed by atoms with Crippen LogP contribution in [0.2, 0.25) is 0 Å². The second-order valence-corrected chi connectivity index (χ2v) is 13.6. The van der Waals surface area contributed by atoms with Gasteiger partial charge in [0.05, 0.1) is 34.1 Å². The molecule has 2 aromatic carbocycles. The molecule has 0 bridgehead atoms. The van der Waals surface area contributed by atoms with E-state index in [4.69, 9.17) is 18.9 Å². The zero-order chi connectivity index (χ0) is 29.9. The quantitative estimate of drug-likeness (QED) is 0.277. The lowest BCUT2D eigenvalue weighted by Crippen LogP contribution is -2.31. The SMILES string of the molecule is CC(C)Oc1cc(Oc2cnc(NC(=O)C(OC3CCOCC3)c3ccc(S(=O)(=O)C4CC4)cc3)s2)cc(C(=O)O)c1. The van der Waals surface area contributed by atoms with Crippen molar-refractivity contribution >= 4 is 38.2 Å². The van der Waals surface area contributed by atoms with Gasteiger partial charge in [0.2, 0.25) is 5.06 Å². The first kappa shape index (κ1) is 30.0. The molecule has 1 unspecified atom stereocenters. The average Bonchev–Trinajstić information content (AvgIpc) is 3.74. The van der Waals surface area contributed by atoms with Gasteiger partial charge in [0, 0.05) is 19.3 Å². The molecule has 1 aromatic heterocycles. The van der Waals surface area contributed by atoms with Crippen LogP contribution in [0.25, 0.3) is 0 Å². The van der Waals surface area contributed by atoms with Gasteiger partial charge < -0.3 is 24.1 Å². The molecule has 1 saturated heterocycles. The maximum absolute atomic E-state index is 13.5. The number of hydrogen-bond donors (Lipinski definition) is 2. The summed E-state index contributed by atoms with van der Waals surface area (Å²) < 4.78 is 48.4. The van der Waals surface area contributed by atoms with Gasteiger partial charge in [0.25, 0.3) is 5.91 Å². The third-order valence-electron chi connectivity index (χ3n) is 6.64. The van der Waals surface area contributed by atoms with Crippen molar-refractivity contribution < 1.29 is 42.1 Å². The molecule has 1 amide bonds. The van der Waals surface area contributed by atoms with Gasteiger partial charge in [-0.15, -0.1) is 0 Å². The van der Waals surface area contributed by atoms with Crippen LogP contribution in [0.5, 0.6) is 16.6 Å². The lowest BCUT2D eigenvalue weighted by Gasteiger charge is -2.27. The summed E-state index contributed by atoms with van der Waals surface area (Å²) in [6, 6.07) is 10.6. The van der Waals surface area contributed by atoms with Gasteiger partial charge in [0.1, 0.15) is 11.5 Å². The van der Waals surface area contributed by atoms with Gasteiger partial charge in [-0.3, -0.25) is 10.1 Å². The Balaban J connectivity index is 1.32. The highest BCUT2D eigenvalue weighted by Crippen LogP contribution is 2.36. The standard InChI is InChI=1S/C29H32N2O9S2/c1-17(2)38-21-13-19(28(33)34)14-22(15-21)39-25-16-30-29(41-25)31-27(32)26(40-20-9-11-37-12-10-20)18-3-5-23(6-4-18)42(35,36)24-7-8-24/h3-6,13-17,20,24,26H,7-12H2,1-2H3,(H,33,34)(H,30,31,32). The zero-order valence-electron chi connectivity index (χ0n) is 23.1. The minimum absolute atomic E-state index is 0.00486. The van der Waals surface area contributed by atoms with E-state index in [9.17, 15) is 23.1 Å². The molecule has 2 aliphatic rings. The van der Waals surface area contributed by atoms with Crippen molar-refractivity contribution in [3.05, 3.63) is 59.8 Å². The second-order valence-electron chi connectivity index (χ2n) is 10.4. The Hall–Kier alpha value is -3.52. The summed E-state index contributed by atoms with van der Waals surface area (Å²) >= 11 is 1.06. The third kappa shape index (κ3) is 7.46. The first-order chi connectivity index (χ1) is 20.1. The molecule has 1 atom stereocenters. The van der Waals surface area contributed by atoms with Crippen molar-refractivity contribution in [1.29, 1.82) is 0 Å². The van der Waals surface area contributed by atoms with Crippen molar-refractivity contribution in [3.8, 4) is 16.6 Å². The number of nitrogens with one attached hydrogen (secondary N) is 1. The van der Waals surface area contributed by atoms with Crippen molar-refractivity contribution in [2.75, 3.05) is 18.5 Å². The van der Waals surface area contributed by atoms with E-state index in [1.54, 1.807) is 18.2 Å². The van der Waals surface area contributed by atoms with Crippen molar-refractivity contribution in [2.45, 2.75) is 68.0 Å². The molecular formula is C29H32N2O9S2. The van der Waals surface area contributed by atoms with Crippen LogP contribution in [0, 0.1) is 0 Å². The molecule has 2 N–H and O–H groups in total. The molecule has 0 spiro atoms. The van der Waals surface area contributed by atoms with Gasteiger partial charge in [-0.2, -0.15) is 0 Å². The smallest absolute Gasteiger partial charge is 0.335 e. The topological polar surface area (TPSA) is 150 Å². The fourth-order valence-electron chi connectivity index (χ4n) is 4.45. The number of aromatic nitrogens is 1. The minimum atomic E-state index is -3.36. The Kier molecular flexibility index (Phi) is 9.11. The van der Waals surface area contributed by atoms with E-state index >= 15 is 0 Å². The highest BCUT2D eigenvalue weighted by Gasteiger charge is 2.37. The van der Waals surface area contributed by atoms with Crippen LogP contribution in [0.1, 0.15) is 61.6 Å². The number of benzene rings is 2. The van der Waals surface area contributed by atoms with Gasteiger partial charge in [-0.1, -0.05) is 23.5 Å². The average molecular weight is 617 g/mol. The predicted molar refractivity (Wildman–Crippen MR) is 154 cm³/mol. The fraction of sp³-hybridized carbons (Fsp3) is 0.414. The van der Waals surface area contributed by atoms with E-state index in [0.717, 1.165) is 11.3 Å². The Morgan fingerprint density at radius 3 is 2.38 bits per heavy atom. The number of carboxylic acids is 1. The zero-order valence-corrected chi connectivity index (χ0v) is 24.8. The number of carbonyl (C=O) groups is 2. The van der Waals surface area contributed by atoms with E-state index in [1.807, 2.05) is 13.8 Å². The molecule has 5 rings (SSSR count). The summed E-state index contributed by atoms with van der Waals surface area (Å²) in [5, 5.41) is 12.5. The Labute approximate surface area is 247 Å². The number of carboxylic acid groups (broad SMARTS) is 1. The van der Waals surface area contributed by atoms with E-state index in [2.05, 4.69) is 10.3 Å². The maximum atomic E-state index is 13.5. The molecule has 1 aliphatic carbocycles. The Morgan fingerprint density at radius 2 is 1.74 bits per heavy atom. The molecule has 2 fully saturated rings. The van der Waals surface area contributed by atoms with Crippen LogP contribution >= 0.6 is 11.3 Å². The van der Waals surface area contributed by atoms with Crippen LogP contribution in [-0.4, -0.2) is 61.1 Å². The molecule has 42 heavy (non-hydrogen) atoms.